The highest BCUT2D eigenvalue weighted by Gasteiger charge is 2.57. The van der Waals surface area contributed by atoms with E-state index >= 15 is 0 Å². The van der Waals surface area contributed by atoms with Crippen molar-refractivity contribution in [3.8, 4) is 0 Å². The second kappa shape index (κ2) is 9.09. The molecule has 0 radical (unpaired) electrons. The third-order valence-corrected chi connectivity index (χ3v) is 14.9. The third-order valence-electron chi connectivity index (χ3n) is 7.51. The molecular formula is C25H36N2O3S2Si. The van der Waals surface area contributed by atoms with Crippen LogP contribution in [-0.4, -0.2) is 53.7 Å². The zero-order chi connectivity index (χ0) is 24.1. The minimum absolute atomic E-state index is 0.0231. The first kappa shape index (κ1) is 24.9. The van der Waals surface area contributed by atoms with Gasteiger partial charge in [0.2, 0.25) is 5.91 Å². The fraction of sp³-hybridized carbons (Fsp3) is 0.600. The van der Waals surface area contributed by atoms with Crippen LogP contribution >= 0.6 is 23.5 Å². The first-order valence-corrected chi connectivity index (χ1v) is 16.6. The molecule has 180 valence electrons. The molecule has 3 atom stereocenters. The van der Waals surface area contributed by atoms with Gasteiger partial charge in [0.05, 0.1) is 16.3 Å². The SMILES string of the molecule is CCC(O[Si](C)(C)C(C)(C)C)[C@@H]1C(=O)N2C(C)=C(SCCN3Cc4ccccc4C3=O)S[C@H]12. The number of carbonyl (C=O) groups excluding carboxylic acids is 2. The van der Waals surface area contributed by atoms with Crippen molar-refractivity contribution in [2.75, 3.05) is 12.3 Å². The molecule has 1 aromatic carbocycles. The van der Waals surface area contributed by atoms with Crippen LogP contribution in [0.4, 0.5) is 0 Å². The Morgan fingerprint density at radius 3 is 2.58 bits per heavy atom. The number of benzene rings is 1. The molecular weight excluding hydrogens is 469 g/mol. The minimum Gasteiger partial charge on any atom is -0.413 e. The largest absolute Gasteiger partial charge is 0.413 e. The van der Waals surface area contributed by atoms with Crippen LogP contribution in [0.1, 0.15) is 57.0 Å². The zero-order valence-corrected chi connectivity index (χ0v) is 23.4. The van der Waals surface area contributed by atoms with Crippen molar-refractivity contribution in [3.63, 3.8) is 0 Å². The molecule has 33 heavy (non-hydrogen) atoms. The number of hydrogen-bond acceptors (Lipinski definition) is 5. The first-order valence-electron chi connectivity index (χ1n) is 11.8. The maximum atomic E-state index is 13.1. The lowest BCUT2D eigenvalue weighted by molar-refractivity contribution is -0.152. The van der Waals surface area contributed by atoms with E-state index in [9.17, 15) is 9.59 Å². The Labute approximate surface area is 207 Å². The van der Waals surface area contributed by atoms with Crippen LogP contribution in [0.2, 0.25) is 18.1 Å². The van der Waals surface area contributed by atoms with Crippen molar-refractivity contribution >= 4 is 43.7 Å². The smallest absolute Gasteiger partial charge is 0.254 e. The summed E-state index contributed by atoms with van der Waals surface area (Å²) in [6.07, 6.45) is 0.831. The Morgan fingerprint density at radius 2 is 1.94 bits per heavy atom. The number of amides is 2. The van der Waals surface area contributed by atoms with Gasteiger partial charge in [-0.1, -0.05) is 57.7 Å². The summed E-state index contributed by atoms with van der Waals surface area (Å²) in [6, 6.07) is 7.86. The average Bonchev–Trinajstić information content (AvgIpc) is 3.21. The highest BCUT2D eigenvalue weighted by Crippen LogP contribution is 2.54. The van der Waals surface area contributed by atoms with Gasteiger partial charge in [0.25, 0.3) is 5.91 Å². The lowest BCUT2D eigenvalue weighted by atomic mass is 9.90. The highest BCUT2D eigenvalue weighted by molar-refractivity contribution is 8.22. The van der Waals surface area contributed by atoms with Gasteiger partial charge in [0.1, 0.15) is 5.37 Å². The van der Waals surface area contributed by atoms with E-state index in [1.807, 2.05) is 45.8 Å². The van der Waals surface area contributed by atoms with Gasteiger partial charge in [0.15, 0.2) is 8.32 Å². The molecule has 0 spiro atoms. The quantitative estimate of drug-likeness (QED) is 0.326. The Kier molecular flexibility index (Phi) is 6.86. The van der Waals surface area contributed by atoms with E-state index in [1.54, 1.807) is 11.8 Å². The molecule has 3 aliphatic rings. The Balaban J connectivity index is 1.35. The molecule has 1 fully saturated rings. The monoisotopic (exact) mass is 504 g/mol. The van der Waals surface area contributed by atoms with Gasteiger partial charge in [-0.2, -0.15) is 0 Å². The van der Waals surface area contributed by atoms with Crippen molar-refractivity contribution in [3.05, 3.63) is 45.3 Å². The first-order chi connectivity index (χ1) is 15.5. The molecule has 1 saturated heterocycles. The number of allylic oxidation sites excluding steroid dienone is 1. The highest BCUT2D eigenvalue weighted by atomic mass is 32.2. The summed E-state index contributed by atoms with van der Waals surface area (Å²) in [5.41, 5.74) is 3.01. The predicted molar refractivity (Wildman–Crippen MR) is 140 cm³/mol. The van der Waals surface area contributed by atoms with E-state index in [4.69, 9.17) is 4.43 Å². The maximum Gasteiger partial charge on any atom is 0.254 e. The van der Waals surface area contributed by atoms with Crippen molar-refractivity contribution in [1.82, 2.24) is 9.80 Å². The van der Waals surface area contributed by atoms with Gasteiger partial charge < -0.3 is 14.2 Å². The molecule has 0 saturated carbocycles. The lowest BCUT2D eigenvalue weighted by Gasteiger charge is -2.49. The summed E-state index contributed by atoms with van der Waals surface area (Å²) in [5, 5.41) is 0.268. The van der Waals surface area contributed by atoms with Crippen LogP contribution in [0.3, 0.4) is 0 Å². The van der Waals surface area contributed by atoms with Gasteiger partial charge in [-0.05, 0) is 43.1 Å². The van der Waals surface area contributed by atoms with E-state index in [0.29, 0.717) is 13.1 Å². The van der Waals surface area contributed by atoms with Gasteiger partial charge in [0, 0.05) is 30.1 Å². The van der Waals surface area contributed by atoms with Crippen LogP contribution in [-0.2, 0) is 15.8 Å². The van der Waals surface area contributed by atoms with E-state index in [0.717, 1.165) is 29.0 Å². The molecule has 4 rings (SSSR count). The second-order valence-corrected chi connectivity index (χ2v) is 17.9. The molecule has 3 aliphatic heterocycles. The maximum absolute atomic E-state index is 13.1. The van der Waals surface area contributed by atoms with Crippen LogP contribution in [0.5, 0.6) is 0 Å². The molecule has 3 heterocycles. The summed E-state index contributed by atoms with van der Waals surface area (Å²) in [5.74, 6) is 1.09. The molecule has 5 nitrogen and oxygen atoms in total. The Bertz CT molecular complexity index is 988. The summed E-state index contributed by atoms with van der Waals surface area (Å²) in [4.78, 5) is 29.6. The summed E-state index contributed by atoms with van der Waals surface area (Å²) < 4.78 is 7.91. The zero-order valence-electron chi connectivity index (χ0n) is 20.8. The van der Waals surface area contributed by atoms with E-state index < -0.39 is 8.32 Å². The Morgan fingerprint density at radius 1 is 1.24 bits per heavy atom. The molecule has 1 aromatic rings. The van der Waals surface area contributed by atoms with Crippen LogP contribution in [0.25, 0.3) is 0 Å². The van der Waals surface area contributed by atoms with Gasteiger partial charge >= 0.3 is 0 Å². The fourth-order valence-corrected chi connectivity index (χ4v) is 8.79. The number of β-lactam (4-membered cyclic amide) rings is 1. The fourth-order valence-electron chi connectivity index (χ4n) is 4.45. The number of hydrogen-bond donors (Lipinski definition) is 0. The van der Waals surface area contributed by atoms with Crippen molar-refractivity contribution in [1.29, 1.82) is 0 Å². The summed E-state index contributed by atoms with van der Waals surface area (Å²) >= 11 is 3.58. The van der Waals surface area contributed by atoms with E-state index in [-0.39, 0.29) is 34.2 Å². The number of rotatable bonds is 8. The topological polar surface area (TPSA) is 49.9 Å². The van der Waals surface area contributed by atoms with Crippen LogP contribution < -0.4 is 0 Å². The van der Waals surface area contributed by atoms with Crippen molar-refractivity contribution < 1.29 is 14.0 Å². The number of fused-ring (bicyclic) bond motifs is 2. The van der Waals surface area contributed by atoms with Crippen LogP contribution in [0.15, 0.2) is 34.2 Å². The minimum atomic E-state index is -1.95. The number of thioether (sulfide) groups is 2. The average molecular weight is 505 g/mol. The molecule has 0 aromatic heterocycles. The standard InChI is InChI=1S/C25H36N2O3S2Si/c1-8-19(30-33(6,7)25(3,4)5)20-22(29)27-16(2)24(32-23(20)27)31-14-13-26-15-17-11-9-10-12-18(17)21(26)28/h9-12,19-20,23H,8,13-15H2,1-7H3/t19?,20-,23-/m1/s1. The number of carbonyl (C=O) groups is 2. The second-order valence-electron chi connectivity index (χ2n) is 10.7. The predicted octanol–water partition coefficient (Wildman–Crippen LogP) is 5.90. The van der Waals surface area contributed by atoms with Crippen molar-refractivity contribution in [2.45, 2.75) is 77.2 Å². The van der Waals surface area contributed by atoms with E-state index in [1.165, 1.54) is 4.24 Å². The summed E-state index contributed by atoms with van der Waals surface area (Å²) in [6.45, 7) is 16.9. The Hall–Kier alpha value is -1.22. The lowest BCUT2D eigenvalue weighted by Crippen LogP contribution is -2.62. The van der Waals surface area contributed by atoms with Crippen LogP contribution in [0, 0.1) is 5.92 Å². The van der Waals surface area contributed by atoms with Crippen molar-refractivity contribution in [2.24, 2.45) is 5.92 Å². The normalized spacial score (nSPS) is 23.7. The third kappa shape index (κ3) is 4.44. The number of nitrogens with zero attached hydrogens (tertiary/aromatic N) is 2. The summed E-state index contributed by atoms with van der Waals surface area (Å²) in [7, 11) is -1.95. The van der Waals surface area contributed by atoms with E-state index in [2.05, 4.69) is 47.7 Å². The molecule has 0 bridgehead atoms. The van der Waals surface area contributed by atoms with Gasteiger partial charge in [-0.15, -0.1) is 11.8 Å². The van der Waals surface area contributed by atoms with Gasteiger partial charge in [-0.25, -0.2) is 0 Å². The molecule has 8 heteroatoms. The molecule has 1 unspecified atom stereocenters. The molecule has 0 N–H and O–H groups in total. The van der Waals surface area contributed by atoms with Gasteiger partial charge in [-0.3, -0.25) is 9.59 Å². The molecule has 0 aliphatic carbocycles. The molecule has 2 amide bonds.